The molecule has 0 bridgehead atoms. The van der Waals surface area contributed by atoms with E-state index in [0.717, 1.165) is 10.0 Å². The Kier molecular flexibility index (Phi) is 7.13. The van der Waals surface area contributed by atoms with Gasteiger partial charge >= 0.3 is 6.01 Å². The molecule has 2 N–H and O–H groups in total. The molecule has 2 aromatic heterocycles. The minimum absolute atomic E-state index is 0.0828. The van der Waals surface area contributed by atoms with E-state index in [2.05, 4.69) is 45.3 Å². The van der Waals surface area contributed by atoms with Gasteiger partial charge in [0.05, 0.1) is 5.56 Å². The average Bonchev–Trinajstić information content (AvgIpc) is 2.73. The number of hydrogen-bond acceptors (Lipinski definition) is 8. The summed E-state index contributed by atoms with van der Waals surface area (Å²) in [4.78, 5) is 16.3. The molecule has 0 amide bonds. The van der Waals surface area contributed by atoms with Crippen LogP contribution < -0.4 is 18.9 Å². The van der Waals surface area contributed by atoms with Crippen molar-refractivity contribution in [3.8, 4) is 23.0 Å². The number of nitrogens with one attached hydrogen (secondary N) is 2. The lowest BCUT2D eigenvalue weighted by Gasteiger charge is -2.15. The van der Waals surface area contributed by atoms with E-state index in [-0.39, 0.29) is 30.9 Å². The van der Waals surface area contributed by atoms with Crippen LogP contribution in [0.15, 0.2) is 47.5 Å². The average molecular weight is 495 g/mol. The van der Waals surface area contributed by atoms with Crippen molar-refractivity contribution in [3.05, 3.63) is 53.0 Å². The fourth-order valence-corrected chi connectivity index (χ4v) is 3.11. The molecule has 0 unspecified atom stereocenters. The van der Waals surface area contributed by atoms with Crippen LogP contribution in [0.3, 0.4) is 0 Å². The molecular weight excluding hydrogens is 476 g/mol. The molecule has 12 heteroatoms. The lowest BCUT2D eigenvalue weighted by atomic mass is 10.1. The zero-order chi connectivity index (χ0) is 21.6. The number of ether oxygens (including phenoxy) is 2. The van der Waals surface area contributed by atoms with E-state index in [0.29, 0.717) is 11.1 Å². The highest BCUT2D eigenvalue weighted by atomic mass is 79.9. The van der Waals surface area contributed by atoms with Gasteiger partial charge in [-0.15, -0.1) is 0 Å². The Morgan fingerprint density at radius 3 is 2.33 bits per heavy atom. The molecule has 2 heterocycles. The van der Waals surface area contributed by atoms with E-state index in [1.165, 1.54) is 13.4 Å². The fraction of sp³-hybridized carbons (Fsp3) is 0.222. The molecule has 0 saturated heterocycles. The lowest BCUT2D eigenvalue weighted by molar-refractivity contribution is 0.202. The van der Waals surface area contributed by atoms with Gasteiger partial charge in [-0.2, -0.15) is 8.42 Å². The van der Waals surface area contributed by atoms with Gasteiger partial charge in [-0.3, -0.25) is 4.72 Å². The molecule has 30 heavy (non-hydrogen) atoms. The van der Waals surface area contributed by atoms with Gasteiger partial charge in [0.1, 0.15) is 19.5 Å². The maximum atomic E-state index is 12.0. The fourth-order valence-electron chi connectivity index (χ4n) is 2.34. The summed E-state index contributed by atoms with van der Waals surface area (Å²) >= 11 is 3.38. The van der Waals surface area contributed by atoms with Crippen molar-refractivity contribution in [2.75, 3.05) is 25.0 Å². The van der Waals surface area contributed by atoms with Crippen molar-refractivity contribution in [1.29, 1.82) is 0 Å². The highest BCUT2D eigenvalue weighted by molar-refractivity contribution is 9.10. The van der Waals surface area contributed by atoms with Crippen molar-refractivity contribution in [2.45, 2.75) is 6.92 Å². The predicted octanol–water partition coefficient (Wildman–Crippen LogP) is 2.34. The predicted molar refractivity (Wildman–Crippen MR) is 115 cm³/mol. The summed E-state index contributed by atoms with van der Waals surface area (Å²) in [6.45, 7) is 2.19. The van der Waals surface area contributed by atoms with Crippen molar-refractivity contribution < 1.29 is 17.9 Å². The molecule has 10 nitrogen and oxygen atoms in total. The zero-order valence-electron chi connectivity index (χ0n) is 16.2. The largest absolute Gasteiger partial charge is 0.473 e. The quantitative estimate of drug-likeness (QED) is 0.433. The number of nitrogens with zero attached hydrogens (tertiary/aromatic N) is 4. The first-order valence-corrected chi connectivity index (χ1v) is 11.0. The Bertz CT molecular complexity index is 1090. The third-order valence-corrected chi connectivity index (χ3v) is 5.28. The van der Waals surface area contributed by atoms with Gasteiger partial charge < -0.3 is 9.47 Å². The minimum Gasteiger partial charge on any atom is -0.473 e. The Balaban J connectivity index is 1.81. The molecule has 3 rings (SSSR count). The number of halogens is 1. The van der Waals surface area contributed by atoms with E-state index in [1.807, 2.05) is 19.1 Å². The number of rotatable bonds is 9. The van der Waals surface area contributed by atoms with E-state index in [4.69, 9.17) is 9.47 Å². The highest BCUT2D eigenvalue weighted by Gasteiger charge is 2.19. The van der Waals surface area contributed by atoms with Crippen LogP contribution in [0.5, 0.6) is 11.9 Å². The zero-order valence-corrected chi connectivity index (χ0v) is 18.6. The molecule has 3 aromatic rings. The third-order valence-electron chi connectivity index (χ3n) is 3.76. The molecular formula is C18H19BrN6O4S. The molecule has 0 radical (unpaired) electrons. The molecule has 1 aromatic carbocycles. The molecule has 0 atom stereocenters. The SMILES string of the molecule is CNS(=O)(=O)Nc1ncnc(OCCOc2ncc(C)cn2)c1-c1ccc(Br)cc1. The van der Waals surface area contributed by atoms with Crippen LogP contribution >= 0.6 is 15.9 Å². The molecule has 0 saturated carbocycles. The third kappa shape index (κ3) is 5.84. The smallest absolute Gasteiger partial charge is 0.316 e. The first-order valence-electron chi connectivity index (χ1n) is 8.74. The summed E-state index contributed by atoms with van der Waals surface area (Å²) in [6.07, 6.45) is 4.52. The van der Waals surface area contributed by atoms with Crippen molar-refractivity contribution in [2.24, 2.45) is 0 Å². The van der Waals surface area contributed by atoms with Crippen LogP contribution in [-0.4, -0.2) is 48.6 Å². The minimum atomic E-state index is -3.79. The maximum Gasteiger partial charge on any atom is 0.316 e. The Labute approximate surface area is 182 Å². The Hall–Kier alpha value is -2.83. The van der Waals surface area contributed by atoms with E-state index in [9.17, 15) is 8.42 Å². The second kappa shape index (κ2) is 9.78. The highest BCUT2D eigenvalue weighted by Crippen LogP contribution is 2.34. The standard InChI is InChI=1S/C18H19BrN6O4S/c1-12-9-21-18(22-10-12)29-8-7-28-17-15(13-3-5-14(19)6-4-13)16(23-11-24-17)25-30(26,27)20-2/h3-6,9-11,20H,7-8H2,1-2H3,(H,23,24,25). The number of anilines is 1. The van der Waals surface area contributed by atoms with Gasteiger partial charge in [0.2, 0.25) is 5.88 Å². The number of aromatic nitrogens is 4. The topological polar surface area (TPSA) is 128 Å². The van der Waals surface area contributed by atoms with Crippen LogP contribution in [-0.2, 0) is 10.2 Å². The molecule has 0 fully saturated rings. The summed E-state index contributed by atoms with van der Waals surface area (Å²) in [7, 11) is -2.49. The van der Waals surface area contributed by atoms with Gasteiger partial charge in [0.25, 0.3) is 10.2 Å². The second-order valence-corrected chi connectivity index (χ2v) is 8.49. The first kappa shape index (κ1) is 21.9. The van der Waals surface area contributed by atoms with E-state index >= 15 is 0 Å². The van der Waals surface area contributed by atoms with Gasteiger partial charge in [-0.05, 0) is 30.2 Å². The molecule has 0 aliphatic rings. The van der Waals surface area contributed by atoms with Crippen LogP contribution in [0.25, 0.3) is 11.1 Å². The molecule has 0 aliphatic carbocycles. The van der Waals surface area contributed by atoms with Crippen molar-refractivity contribution >= 4 is 32.0 Å². The second-order valence-electron chi connectivity index (χ2n) is 5.96. The van der Waals surface area contributed by atoms with Gasteiger partial charge in [-0.1, -0.05) is 28.1 Å². The molecule has 0 aliphatic heterocycles. The van der Waals surface area contributed by atoms with Gasteiger partial charge in [-0.25, -0.2) is 24.7 Å². The summed E-state index contributed by atoms with van der Waals surface area (Å²) in [5.41, 5.74) is 2.00. The number of benzene rings is 1. The Morgan fingerprint density at radius 2 is 1.67 bits per heavy atom. The van der Waals surface area contributed by atoms with Gasteiger partial charge in [0, 0.05) is 23.9 Å². The summed E-state index contributed by atoms with van der Waals surface area (Å²) < 4.78 is 40.6. The van der Waals surface area contributed by atoms with Gasteiger partial charge in [0.15, 0.2) is 5.82 Å². The van der Waals surface area contributed by atoms with Crippen LogP contribution in [0, 0.1) is 6.92 Å². The van der Waals surface area contributed by atoms with Crippen molar-refractivity contribution in [3.63, 3.8) is 0 Å². The van der Waals surface area contributed by atoms with Crippen LogP contribution in [0.1, 0.15) is 5.56 Å². The maximum absolute atomic E-state index is 12.0. The van der Waals surface area contributed by atoms with Crippen LogP contribution in [0.2, 0.25) is 0 Å². The number of hydrogen-bond donors (Lipinski definition) is 2. The van der Waals surface area contributed by atoms with E-state index in [1.54, 1.807) is 24.5 Å². The van der Waals surface area contributed by atoms with Crippen molar-refractivity contribution in [1.82, 2.24) is 24.7 Å². The summed E-state index contributed by atoms with van der Waals surface area (Å²) in [6, 6.07) is 7.47. The summed E-state index contributed by atoms with van der Waals surface area (Å²) in [5.74, 6) is 0.286. The molecule has 0 spiro atoms. The Morgan fingerprint density at radius 1 is 1.00 bits per heavy atom. The molecule has 158 valence electrons. The first-order chi connectivity index (χ1) is 14.4. The number of aryl methyl sites for hydroxylation is 1. The van der Waals surface area contributed by atoms with Crippen LogP contribution in [0.4, 0.5) is 5.82 Å². The monoisotopic (exact) mass is 494 g/mol. The normalized spacial score (nSPS) is 11.2. The lowest BCUT2D eigenvalue weighted by Crippen LogP contribution is -2.27. The summed E-state index contributed by atoms with van der Waals surface area (Å²) in [5, 5.41) is 0. The van der Waals surface area contributed by atoms with E-state index < -0.39 is 10.2 Å².